The van der Waals surface area contributed by atoms with Crippen LogP contribution in [-0.2, 0) is 11.2 Å². The molecule has 1 aromatic heterocycles. The molecule has 0 bridgehead atoms. The van der Waals surface area contributed by atoms with E-state index in [1.165, 1.54) is 11.3 Å². The number of carboxylic acids is 1. The van der Waals surface area contributed by atoms with E-state index in [0.29, 0.717) is 10.8 Å². The highest BCUT2D eigenvalue weighted by Gasteiger charge is 2.12. The lowest BCUT2D eigenvalue weighted by Gasteiger charge is -2.02. The first-order valence-electron chi connectivity index (χ1n) is 3.31. The molecule has 0 aliphatic rings. The molecule has 0 radical (unpaired) electrons. The SMILES string of the molecule is NC(Cc1csc(Cl)c1)C(=O)O. The zero-order valence-corrected chi connectivity index (χ0v) is 7.73. The number of nitrogens with two attached hydrogens (primary N) is 1. The molecule has 1 atom stereocenters. The summed E-state index contributed by atoms with van der Waals surface area (Å²) < 4.78 is 0.655. The number of aliphatic carboxylic acids is 1. The Hall–Kier alpha value is -0.580. The largest absolute Gasteiger partial charge is 0.480 e. The molecule has 66 valence electrons. The van der Waals surface area contributed by atoms with Gasteiger partial charge in [0.25, 0.3) is 0 Å². The van der Waals surface area contributed by atoms with Crippen LogP contribution in [0, 0.1) is 0 Å². The fourth-order valence-corrected chi connectivity index (χ4v) is 1.72. The van der Waals surface area contributed by atoms with E-state index in [9.17, 15) is 4.79 Å². The summed E-state index contributed by atoms with van der Waals surface area (Å²) in [6, 6.07) is 0.894. The highest BCUT2D eigenvalue weighted by Crippen LogP contribution is 2.20. The predicted molar refractivity (Wildman–Crippen MR) is 48.6 cm³/mol. The fraction of sp³-hybridized carbons (Fsp3) is 0.286. The standard InChI is InChI=1S/C7H8ClNO2S/c8-6-2-4(3-12-6)1-5(9)7(10)11/h2-3,5H,1,9H2,(H,10,11). The number of thiophene rings is 1. The number of carboxylic acid groups (broad SMARTS) is 1. The van der Waals surface area contributed by atoms with Crippen molar-refractivity contribution in [2.75, 3.05) is 0 Å². The van der Waals surface area contributed by atoms with Gasteiger partial charge in [-0.05, 0) is 23.4 Å². The van der Waals surface area contributed by atoms with Crippen molar-refractivity contribution in [2.24, 2.45) is 5.73 Å². The number of carbonyl (C=O) groups is 1. The highest BCUT2D eigenvalue weighted by atomic mass is 35.5. The van der Waals surface area contributed by atoms with Gasteiger partial charge in [-0.3, -0.25) is 4.79 Å². The lowest BCUT2D eigenvalue weighted by molar-refractivity contribution is -0.138. The van der Waals surface area contributed by atoms with Crippen LogP contribution in [0.15, 0.2) is 11.4 Å². The molecule has 1 rings (SSSR count). The molecule has 0 saturated heterocycles. The first kappa shape index (κ1) is 9.51. The van der Waals surface area contributed by atoms with E-state index in [0.717, 1.165) is 5.56 Å². The van der Waals surface area contributed by atoms with Gasteiger partial charge >= 0.3 is 5.97 Å². The average Bonchev–Trinajstić information content (AvgIpc) is 2.35. The fourth-order valence-electron chi connectivity index (χ4n) is 0.794. The van der Waals surface area contributed by atoms with E-state index in [2.05, 4.69) is 0 Å². The zero-order valence-electron chi connectivity index (χ0n) is 6.16. The van der Waals surface area contributed by atoms with Crippen molar-refractivity contribution in [1.82, 2.24) is 0 Å². The Morgan fingerprint density at radius 3 is 2.92 bits per heavy atom. The van der Waals surface area contributed by atoms with E-state index >= 15 is 0 Å². The molecular weight excluding hydrogens is 198 g/mol. The number of hydrogen-bond donors (Lipinski definition) is 2. The quantitative estimate of drug-likeness (QED) is 0.783. The Bertz CT molecular complexity index is 287. The van der Waals surface area contributed by atoms with Crippen LogP contribution in [-0.4, -0.2) is 17.1 Å². The van der Waals surface area contributed by atoms with Gasteiger partial charge < -0.3 is 10.8 Å². The molecule has 1 heterocycles. The monoisotopic (exact) mass is 205 g/mol. The van der Waals surface area contributed by atoms with Gasteiger partial charge in [0, 0.05) is 0 Å². The second-order valence-corrected chi connectivity index (χ2v) is 3.95. The maximum Gasteiger partial charge on any atom is 0.320 e. The van der Waals surface area contributed by atoms with E-state index in [-0.39, 0.29) is 0 Å². The van der Waals surface area contributed by atoms with E-state index in [1.807, 2.05) is 5.38 Å². The highest BCUT2D eigenvalue weighted by molar-refractivity contribution is 7.14. The predicted octanol–water partition coefficient (Wildman–Crippen LogP) is 1.36. The number of hydrogen-bond acceptors (Lipinski definition) is 3. The van der Waals surface area contributed by atoms with Gasteiger partial charge in [-0.1, -0.05) is 11.6 Å². The minimum atomic E-state index is -0.989. The lowest BCUT2D eigenvalue weighted by atomic mass is 10.1. The van der Waals surface area contributed by atoms with Gasteiger partial charge in [0.2, 0.25) is 0 Å². The third-order valence-electron chi connectivity index (χ3n) is 1.39. The van der Waals surface area contributed by atoms with Crippen molar-refractivity contribution < 1.29 is 9.90 Å². The first-order valence-corrected chi connectivity index (χ1v) is 4.56. The molecule has 0 amide bonds. The number of halogens is 1. The van der Waals surface area contributed by atoms with Crippen molar-refractivity contribution in [2.45, 2.75) is 12.5 Å². The minimum absolute atomic E-state index is 0.332. The molecular formula is C7H8ClNO2S. The Balaban J connectivity index is 2.58. The topological polar surface area (TPSA) is 63.3 Å². The summed E-state index contributed by atoms with van der Waals surface area (Å²) in [6.45, 7) is 0. The van der Waals surface area contributed by atoms with Crippen LogP contribution in [0.1, 0.15) is 5.56 Å². The van der Waals surface area contributed by atoms with Gasteiger partial charge in [0.05, 0.1) is 4.34 Å². The second kappa shape index (κ2) is 3.89. The maximum atomic E-state index is 10.4. The van der Waals surface area contributed by atoms with Crippen molar-refractivity contribution >= 4 is 28.9 Å². The molecule has 0 fully saturated rings. The van der Waals surface area contributed by atoms with Crippen LogP contribution in [0.2, 0.25) is 4.34 Å². The van der Waals surface area contributed by atoms with E-state index in [4.69, 9.17) is 22.4 Å². The van der Waals surface area contributed by atoms with Crippen LogP contribution >= 0.6 is 22.9 Å². The van der Waals surface area contributed by atoms with Crippen molar-refractivity contribution in [3.63, 3.8) is 0 Å². The smallest absolute Gasteiger partial charge is 0.320 e. The molecule has 0 saturated carbocycles. The molecule has 0 aliphatic carbocycles. The molecule has 3 nitrogen and oxygen atoms in total. The van der Waals surface area contributed by atoms with Crippen LogP contribution in [0.3, 0.4) is 0 Å². The van der Waals surface area contributed by atoms with Crippen LogP contribution in [0.5, 0.6) is 0 Å². The summed E-state index contributed by atoms with van der Waals surface area (Å²) in [6.07, 6.45) is 0.332. The summed E-state index contributed by atoms with van der Waals surface area (Å²) in [5.41, 5.74) is 6.19. The van der Waals surface area contributed by atoms with Gasteiger partial charge in [-0.15, -0.1) is 11.3 Å². The third kappa shape index (κ3) is 2.48. The van der Waals surface area contributed by atoms with Crippen LogP contribution in [0.4, 0.5) is 0 Å². The van der Waals surface area contributed by atoms with Crippen molar-refractivity contribution in [3.05, 3.63) is 21.3 Å². The molecule has 0 aromatic carbocycles. The van der Waals surface area contributed by atoms with Gasteiger partial charge in [-0.25, -0.2) is 0 Å². The molecule has 5 heteroatoms. The van der Waals surface area contributed by atoms with Gasteiger partial charge in [0.1, 0.15) is 6.04 Å². The van der Waals surface area contributed by atoms with Crippen molar-refractivity contribution in [1.29, 1.82) is 0 Å². The van der Waals surface area contributed by atoms with Crippen molar-refractivity contribution in [3.8, 4) is 0 Å². The summed E-state index contributed by atoms with van der Waals surface area (Å²) in [5, 5.41) is 10.3. The first-order chi connectivity index (χ1) is 5.59. The molecule has 1 unspecified atom stereocenters. The Morgan fingerprint density at radius 2 is 2.50 bits per heavy atom. The lowest BCUT2D eigenvalue weighted by Crippen LogP contribution is -2.32. The Labute approximate surface area is 78.8 Å². The minimum Gasteiger partial charge on any atom is -0.480 e. The van der Waals surface area contributed by atoms with E-state index in [1.54, 1.807) is 6.07 Å². The molecule has 0 spiro atoms. The molecule has 12 heavy (non-hydrogen) atoms. The summed E-state index contributed by atoms with van der Waals surface area (Å²) in [5.74, 6) is -0.989. The van der Waals surface area contributed by atoms with E-state index < -0.39 is 12.0 Å². The average molecular weight is 206 g/mol. The Morgan fingerprint density at radius 1 is 1.83 bits per heavy atom. The summed E-state index contributed by atoms with van der Waals surface area (Å²) in [4.78, 5) is 10.4. The number of rotatable bonds is 3. The van der Waals surface area contributed by atoms with Crippen LogP contribution < -0.4 is 5.73 Å². The Kier molecular flexibility index (Phi) is 3.08. The second-order valence-electron chi connectivity index (χ2n) is 2.41. The van der Waals surface area contributed by atoms with Gasteiger partial charge in [0.15, 0.2) is 0 Å². The normalized spacial score (nSPS) is 12.8. The third-order valence-corrected chi connectivity index (χ3v) is 2.53. The summed E-state index contributed by atoms with van der Waals surface area (Å²) >= 11 is 7.03. The molecule has 0 aliphatic heterocycles. The van der Waals surface area contributed by atoms with Crippen LogP contribution in [0.25, 0.3) is 0 Å². The maximum absolute atomic E-state index is 10.4. The summed E-state index contributed by atoms with van der Waals surface area (Å²) in [7, 11) is 0. The zero-order chi connectivity index (χ0) is 9.14. The molecule has 3 N–H and O–H groups in total. The van der Waals surface area contributed by atoms with Gasteiger partial charge in [-0.2, -0.15) is 0 Å². The molecule has 1 aromatic rings.